The third kappa shape index (κ3) is 6.73. The van der Waals surface area contributed by atoms with E-state index in [9.17, 15) is 22.8 Å². The van der Waals surface area contributed by atoms with Gasteiger partial charge in [0.25, 0.3) is 5.91 Å². The van der Waals surface area contributed by atoms with Gasteiger partial charge in [0.2, 0.25) is 5.91 Å². The second-order valence-corrected chi connectivity index (χ2v) is 7.41. The van der Waals surface area contributed by atoms with E-state index in [1.807, 2.05) is 30.3 Å². The molecule has 1 aliphatic rings. The first-order valence-corrected chi connectivity index (χ1v) is 10.2. The number of halogens is 3. The van der Waals surface area contributed by atoms with E-state index in [2.05, 4.69) is 0 Å². The Morgan fingerprint density at radius 3 is 2.16 bits per heavy atom. The van der Waals surface area contributed by atoms with Gasteiger partial charge in [-0.15, -0.1) is 0 Å². The van der Waals surface area contributed by atoms with Gasteiger partial charge in [0.15, 0.2) is 6.61 Å². The van der Waals surface area contributed by atoms with Gasteiger partial charge in [0.05, 0.1) is 5.56 Å². The lowest BCUT2D eigenvalue weighted by molar-refractivity contribution is -0.140. The summed E-state index contributed by atoms with van der Waals surface area (Å²) in [7, 11) is 0. The van der Waals surface area contributed by atoms with Crippen molar-refractivity contribution in [2.45, 2.75) is 25.4 Å². The molecule has 166 valence electrons. The largest absolute Gasteiger partial charge is 0.484 e. The summed E-state index contributed by atoms with van der Waals surface area (Å²) in [5, 5.41) is 0. The zero-order chi connectivity index (χ0) is 22.3. The Morgan fingerprint density at radius 2 is 1.52 bits per heavy atom. The van der Waals surface area contributed by atoms with Crippen LogP contribution in [0.4, 0.5) is 13.2 Å². The van der Waals surface area contributed by atoms with Crippen molar-refractivity contribution < 1.29 is 27.5 Å². The smallest absolute Gasteiger partial charge is 0.416 e. The Morgan fingerprint density at radius 1 is 0.871 bits per heavy atom. The van der Waals surface area contributed by atoms with E-state index in [-0.39, 0.29) is 24.2 Å². The van der Waals surface area contributed by atoms with Gasteiger partial charge in [-0.2, -0.15) is 13.2 Å². The summed E-state index contributed by atoms with van der Waals surface area (Å²) in [5.74, 6) is -0.243. The first-order valence-electron chi connectivity index (χ1n) is 10.2. The molecule has 0 N–H and O–H groups in total. The van der Waals surface area contributed by atoms with Crippen LogP contribution in [-0.4, -0.2) is 54.4 Å². The van der Waals surface area contributed by atoms with Gasteiger partial charge < -0.3 is 14.5 Å². The number of hydrogen-bond acceptors (Lipinski definition) is 3. The number of piperazine rings is 1. The minimum absolute atomic E-state index is 0.00425. The van der Waals surface area contributed by atoms with E-state index in [1.165, 1.54) is 17.7 Å². The second-order valence-electron chi connectivity index (χ2n) is 7.41. The van der Waals surface area contributed by atoms with Crippen molar-refractivity contribution in [1.29, 1.82) is 0 Å². The normalized spacial score (nSPS) is 14.4. The topological polar surface area (TPSA) is 49.9 Å². The molecule has 0 unspecified atom stereocenters. The van der Waals surface area contributed by atoms with Crippen molar-refractivity contribution in [1.82, 2.24) is 9.80 Å². The highest BCUT2D eigenvalue weighted by atomic mass is 19.4. The summed E-state index contributed by atoms with van der Waals surface area (Å²) >= 11 is 0. The third-order valence-corrected chi connectivity index (χ3v) is 5.21. The maximum atomic E-state index is 12.8. The van der Waals surface area contributed by atoms with Crippen LogP contribution in [0.1, 0.15) is 24.0 Å². The van der Waals surface area contributed by atoms with E-state index < -0.39 is 11.7 Å². The van der Waals surface area contributed by atoms with Gasteiger partial charge >= 0.3 is 6.18 Å². The second kappa shape index (κ2) is 10.3. The fraction of sp³-hybridized carbons (Fsp3) is 0.391. The monoisotopic (exact) mass is 434 g/mol. The minimum Gasteiger partial charge on any atom is -0.484 e. The molecular weight excluding hydrogens is 409 g/mol. The van der Waals surface area contributed by atoms with Gasteiger partial charge in [-0.25, -0.2) is 0 Å². The molecule has 3 rings (SSSR count). The SMILES string of the molecule is O=C(CCCc1ccccc1)N1CCN(C(=O)COc2cccc(C(F)(F)F)c2)CC1. The number of hydrogen-bond donors (Lipinski definition) is 0. The highest BCUT2D eigenvalue weighted by molar-refractivity contribution is 5.79. The average molecular weight is 434 g/mol. The van der Waals surface area contributed by atoms with Crippen LogP contribution in [0.15, 0.2) is 54.6 Å². The molecule has 0 aliphatic carbocycles. The summed E-state index contributed by atoms with van der Waals surface area (Å²) in [5.41, 5.74) is 0.378. The number of aryl methyl sites for hydroxylation is 1. The van der Waals surface area contributed by atoms with Crippen molar-refractivity contribution in [3.8, 4) is 5.75 Å². The Balaban J connectivity index is 1.39. The van der Waals surface area contributed by atoms with Crippen LogP contribution in [0.25, 0.3) is 0 Å². The summed E-state index contributed by atoms with van der Waals surface area (Å²) in [6, 6.07) is 14.4. The van der Waals surface area contributed by atoms with Gasteiger partial charge in [0, 0.05) is 32.6 Å². The fourth-order valence-electron chi connectivity index (χ4n) is 3.45. The highest BCUT2D eigenvalue weighted by Gasteiger charge is 2.30. The number of rotatable bonds is 7. The third-order valence-electron chi connectivity index (χ3n) is 5.21. The molecule has 1 aliphatic heterocycles. The summed E-state index contributed by atoms with van der Waals surface area (Å²) < 4.78 is 43.5. The molecule has 1 fully saturated rings. The lowest BCUT2D eigenvalue weighted by atomic mass is 10.1. The summed E-state index contributed by atoms with van der Waals surface area (Å²) in [6.45, 7) is 1.32. The first kappa shape index (κ1) is 22.7. The summed E-state index contributed by atoms with van der Waals surface area (Å²) in [6.07, 6.45) is -2.39. The molecule has 0 bridgehead atoms. The van der Waals surface area contributed by atoms with E-state index in [0.29, 0.717) is 32.6 Å². The molecule has 0 saturated carbocycles. The predicted molar refractivity (Wildman–Crippen MR) is 109 cm³/mol. The number of carbonyl (C=O) groups is 2. The molecule has 8 heteroatoms. The lowest BCUT2D eigenvalue weighted by Gasteiger charge is -2.34. The molecule has 2 amide bonds. The van der Waals surface area contributed by atoms with Crippen molar-refractivity contribution in [2.75, 3.05) is 32.8 Å². The number of alkyl halides is 3. The van der Waals surface area contributed by atoms with E-state index in [0.717, 1.165) is 25.0 Å². The van der Waals surface area contributed by atoms with Gasteiger partial charge in [-0.3, -0.25) is 9.59 Å². The average Bonchev–Trinajstić information content (AvgIpc) is 2.78. The van der Waals surface area contributed by atoms with E-state index in [1.54, 1.807) is 9.80 Å². The van der Waals surface area contributed by atoms with E-state index in [4.69, 9.17) is 4.74 Å². The molecule has 2 aromatic carbocycles. The lowest BCUT2D eigenvalue weighted by Crippen LogP contribution is -2.51. The molecule has 2 aromatic rings. The van der Waals surface area contributed by atoms with Gasteiger partial charge in [0.1, 0.15) is 5.75 Å². The number of nitrogens with zero attached hydrogens (tertiary/aromatic N) is 2. The summed E-state index contributed by atoms with van der Waals surface area (Å²) in [4.78, 5) is 28.1. The molecule has 1 heterocycles. The minimum atomic E-state index is -4.46. The van der Waals surface area contributed by atoms with Crippen molar-refractivity contribution >= 4 is 11.8 Å². The van der Waals surface area contributed by atoms with Gasteiger partial charge in [-0.1, -0.05) is 36.4 Å². The number of benzene rings is 2. The zero-order valence-corrected chi connectivity index (χ0v) is 17.1. The molecule has 0 atom stereocenters. The molecule has 0 spiro atoms. The molecule has 31 heavy (non-hydrogen) atoms. The van der Waals surface area contributed by atoms with Crippen LogP contribution < -0.4 is 4.74 Å². The quantitative estimate of drug-likeness (QED) is 0.667. The standard InChI is InChI=1S/C23H25F3N2O3/c24-23(25,26)19-9-5-10-20(16-19)31-17-22(30)28-14-12-27(13-15-28)21(29)11-4-8-18-6-2-1-3-7-18/h1-3,5-7,9-10,16H,4,8,11-15,17H2. The predicted octanol–water partition coefficient (Wildman–Crippen LogP) is 3.78. The maximum Gasteiger partial charge on any atom is 0.416 e. The van der Waals surface area contributed by atoms with Crippen molar-refractivity contribution in [3.63, 3.8) is 0 Å². The number of ether oxygens (including phenoxy) is 1. The fourth-order valence-corrected chi connectivity index (χ4v) is 3.45. The number of carbonyl (C=O) groups excluding carboxylic acids is 2. The van der Waals surface area contributed by atoms with Crippen LogP contribution in [-0.2, 0) is 22.2 Å². The Hall–Kier alpha value is -3.03. The molecule has 5 nitrogen and oxygen atoms in total. The Labute approximate surface area is 179 Å². The van der Waals surface area contributed by atoms with Crippen LogP contribution in [0, 0.1) is 0 Å². The molecular formula is C23H25F3N2O3. The molecule has 1 saturated heterocycles. The van der Waals surface area contributed by atoms with Crippen LogP contribution >= 0.6 is 0 Å². The van der Waals surface area contributed by atoms with Gasteiger partial charge in [-0.05, 0) is 36.6 Å². The molecule has 0 aromatic heterocycles. The van der Waals surface area contributed by atoms with Crippen molar-refractivity contribution in [3.05, 3.63) is 65.7 Å². The Bertz CT molecular complexity index is 879. The van der Waals surface area contributed by atoms with Crippen molar-refractivity contribution in [2.24, 2.45) is 0 Å². The van der Waals surface area contributed by atoms with Crippen LogP contribution in [0.3, 0.4) is 0 Å². The molecule has 0 radical (unpaired) electrons. The van der Waals surface area contributed by atoms with Crippen LogP contribution in [0.5, 0.6) is 5.75 Å². The first-order chi connectivity index (χ1) is 14.8. The highest BCUT2D eigenvalue weighted by Crippen LogP contribution is 2.31. The van der Waals surface area contributed by atoms with Crippen LogP contribution in [0.2, 0.25) is 0 Å². The number of amides is 2. The van der Waals surface area contributed by atoms with E-state index >= 15 is 0 Å². The Kier molecular flexibility index (Phi) is 7.55. The maximum absolute atomic E-state index is 12.8. The zero-order valence-electron chi connectivity index (χ0n) is 17.1.